The van der Waals surface area contributed by atoms with E-state index in [1.807, 2.05) is 0 Å². The van der Waals surface area contributed by atoms with Crippen molar-refractivity contribution in [3.05, 3.63) is 23.0 Å². The molecule has 4 aliphatic heterocycles. The molecule has 48 heavy (non-hydrogen) atoms. The summed E-state index contributed by atoms with van der Waals surface area (Å²) in [5, 5.41) is 0.882. The molecule has 1 spiro atoms. The van der Waals surface area contributed by atoms with E-state index in [0.717, 1.165) is 22.2 Å². The van der Waals surface area contributed by atoms with E-state index in [2.05, 4.69) is 35.9 Å². The second-order valence-corrected chi connectivity index (χ2v) is 14.2. The Kier molecular flexibility index (Phi) is 6.96. The van der Waals surface area contributed by atoms with Crippen LogP contribution >= 0.6 is 15.6 Å². The third-order valence-electron chi connectivity index (χ3n) is 8.64. The maximum absolute atomic E-state index is 16.0. The summed E-state index contributed by atoms with van der Waals surface area (Å²) in [5.41, 5.74) is 13.1. The number of hydrazine groups is 2. The molecule has 8 rings (SSSR count). The van der Waals surface area contributed by atoms with Crippen molar-refractivity contribution in [3.63, 3.8) is 0 Å². The fourth-order valence-corrected chi connectivity index (χ4v) is 8.27. The van der Waals surface area contributed by atoms with Crippen molar-refractivity contribution >= 4 is 50.1 Å². The molecule has 0 amide bonds. The van der Waals surface area contributed by atoms with Crippen molar-refractivity contribution in [2.75, 3.05) is 35.1 Å². The Morgan fingerprint density at radius 3 is 2.52 bits per heavy atom. The maximum atomic E-state index is 16.0. The van der Waals surface area contributed by atoms with Gasteiger partial charge in [0.25, 0.3) is 11.5 Å². The number of rotatable bonds is 2. The highest BCUT2D eigenvalue weighted by Crippen LogP contribution is 2.73. The van der Waals surface area contributed by atoms with Gasteiger partial charge in [0.2, 0.25) is 5.95 Å². The summed E-state index contributed by atoms with van der Waals surface area (Å²) in [4.78, 5) is 51.8. The number of phosphoric ester groups is 2. The number of H-pyrrole nitrogens is 1. The van der Waals surface area contributed by atoms with Crippen LogP contribution in [0.1, 0.15) is 12.6 Å². The quantitative estimate of drug-likeness (QED) is 0.163. The average molecular weight is 725 g/mol. The molecule has 7 heterocycles. The van der Waals surface area contributed by atoms with Gasteiger partial charge in [-0.05, 0) is 0 Å². The Morgan fingerprint density at radius 2 is 1.77 bits per heavy atom. The molecule has 0 radical (unpaired) electrons. The molecule has 10 atom stereocenters. The summed E-state index contributed by atoms with van der Waals surface area (Å²) in [5.74, 6) is -4.23. The number of anilines is 4. The summed E-state index contributed by atoms with van der Waals surface area (Å²) in [7, 11) is -10.7. The van der Waals surface area contributed by atoms with Crippen LogP contribution in [0.15, 0.2) is 17.4 Å². The predicted octanol–water partition coefficient (Wildman–Crippen LogP) is -0.570. The SMILES string of the molecule is Nc1nc2c(c(=O)[nH]1)NNN2[C@@H]1O[C@@H]2COP(=O)(O)O[C@H]3[C@H](n4cnc5c(N)ncnc54)O[C@H](COP(=O)(O)O[C@H]2[C@H]1F)[C@@]31CC1(F)F. The van der Waals surface area contributed by atoms with Crippen molar-refractivity contribution in [1.29, 1.82) is 0 Å². The lowest BCUT2D eigenvalue weighted by molar-refractivity contribution is -0.0637. The number of aromatic amines is 1. The normalized spacial score (nSPS) is 40.5. The molecule has 0 aromatic carbocycles. The number of alkyl halides is 3. The van der Waals surface area contributed by atoms with Gasteiger partial charge in [-0.2, -0.15) is 4.98 Å². The Balaban J connectivity index is 1.13. The molecule has 3 aromatic rings. The van der Waals surface area contributed by atoms with Crippen molar-refractivity contribution in [3.8, 4) is 0 Å². The molecule has 2 bridgehead atoms. The van der Waals surface area contributed by atoms with E-state index in [4.69, 9.17) is 39.0 Å². The van der Waals surface area contributed by atoms with Gasteiger partial charge in [0.1, 0.15) is 30.2 Å². The number of nitrogens with one attached hydrogen (secondary N) is 3. The number of fused-ring (bicyclic) bond motifs is 3. The third kappa shape index (κ3) is 4.80. The molecule has 22 nitrogen and oxygen atoms in total. The number of ether oxygens (including phenoxy) is 2. The molecule has 3 aromatic heterocycles. The minimum absolute atomic E-state index is 0.0141. The van der Waals surface area contributed by atoms with Crippen LogP contribution in [0.5, 0.6) is 0 Å². The lowest BCUT2D eigenvalue weighted by Crippen LogP contribution is -2.49. The predicted molar refractivity (Wildman–Crippen MR) is 149 cm³/mol. The summed E-state index contributed by atoms with van der Waals surface area (Å²) < 4.78 is 106. The second-order valence-electron chi connectivity index (χ2n) is 11.4. The standard InChI is InChI=1S/C21H24F3N11O11P2/c22-8-11-6(43-17(8)35-15-10(32-33-35)16(36)31-19(26)30-15)1-41-48(39,40)46-12-18(34-5-29-9-13(25)27-4-28-14(9)34)44-7(2-42-47(37,38)45-11)20(12)3-21(20,23)24/h4-8,11-12,17-18,32-33H,1-3H2,(H,37,38)(H,39,40)(H2,25,27,28)(H3,26,30,31,36)/t6-,7-,8-,11-,12+,17-,18-,20+/m1/s1. The summed E-state index contributed by atoms with van der Waals surface area (Å²) in [6.07, 6.45) is -12.1. The number of nitrogens with zero attached hydrogens (tertiary/aromatic N) is 6. The van der Waals surface area contributed by atoms with Crippen molar-refractivity contribution in [2.24, 2.45) is 5.41 Å². The highest BCUT2D eigenvalue weighted by atomic mass is 31.2. The van der Waals surface area contributed by atoms with Gasteiger partial charge in [0.05, 0.1) is 31.1 Å². The molecule has 1 aliphatic carbocycles. The molecule has 9 N–H and O–H groups in total. The zero-order valence-electron chi connectivity index (χ0n) is 23.8. The van der Waals surface area contributed by atoms with E-state index in [1.54, 1.807) is 0 Å². The zero-order valence-corrected chi connectivity index (χ0v) is 25.5. The van der Waals surface area contributed by atoms with Crippen LogP contribution in [0.4, 0.5) is 36.4 Å². The van der Waals surface area contributed by atoms with Crippen molar-refractivity contribution in [1.82, 2.24) is 35.0 Å². The zero-order chi connectivity index (χ0) is 34.0. The summed E-state index contributed by atoms with van der Waals surface area (Å²) in [6.45, 7) is -2.09. The Hall–Kier alpha value is -3.48. The van der Waals surface area contributed by atoms with Gasteiger partial charge in [-0.25, -0.2) is 42.3 Å². The molecule has 1 saturated carbocycles. The van der Waals surface area contributed by atoms with Gasteiger partial charge >= 0.3 is 15.6 Å². The van der Waals surface area contributed by atoms with E-state index in [9.17, 15) is 23.7 Å². The van der Waals surface area contributed by atoms with Crippen LogP contribution in [0.2, 0.25) is 0 Å². The smallest absolute Gasteiger partial charge is 0.382 e. The first-order valence-corrected chi connectivity index (χ1v) is 16.9. The molecule has 27 heteroatoms. The van der Waals surface area contributed by atoms with Gasteiger partial charge in [-0.1, -0.05) is 0 Å². The average Bonchev–Trinajstić information content (AvgIpc) is 3.49. The first-order valence-electron chi connectivity index (χ1n) is 13.9. The van der Waals surface area contributed by atoms with Crippen LogP contribution in [0.25, 0.3) is 11.2 Å². The molecule has 5 aliphatic rings. The molecule has 3 saturated heterocycles. The third-order valence-corrected chi connectivity index (χ3v) is 10.6. The van der Waals surface area contributed by atoms with Gasteiger partial charge in [0.15, 0.2) is 41.6 Å². The van der Waals surface area contributed by atoms with E-state index < -0.39 is 95.2 Å². The first-order chi connectivity index (χ1) is 22.6. The molecule has 4 fully saturated rings. The fraction of sp³-hybridized carbons (Fsp3) is 0.571. The van der Waals surface area contributed by atoms with Crippen LogP contribution in [-0.4, -0.2) is 95.2 Å². The van der Waals surface area contributed by atoms with Crippen LogP contribution in [-0.2, 0) is 36.7 Å². The highest BCUT2D eigenvalue weighted by molar-refractivity contribution is 7.47. The van der Waals surface area contributed by atoms with E-state index >= 15 is 13.2 Å². The molecule has 2 unspecified atom stereocenters. The number of halogens is 3. The number of phosphoric acid groups is 2. The highest BCUT2D eigenvalue weighted by Gasteiger charge is 2.84. The van der Waals surface area contributed by atoms with Crippen LogP contribution in [0, 0.1) is 5.41 Å². The fourth-order valence-electron chi connectivity index (χ4n) is 6.35. The van der Waals surface area contributed by atoms with Crippen molar-refractivity contribution in [2.45, 2.75) is 55.4 Å². The summed E-state index contributed by atoms with van der Waals surface area (Å²) in [6, 6.07) is 0. The lowest BCUT2D eigenvalue weighted by atomic mass is 9.94. The number of nitrogen functional groups attached to an aromatic ring is 2. The number of hydrogen-bond donors (Lipinski definition) is 7. The lowest BCUT2D eigenvalue weighted by Gasteiger charge is -2.27. The molecular weight excluding hydrogens is 701 g/mol. The van der Waals surface area contributed by atoms with E-state index in [-0.39, 0.29) is 34.4 Å². The maximum Gasteiger partial charge on any atom is 0.472 e. The minimum atomic E-state index is -5.37. The van der Waals surface area contributed by atoms with Gasteiger partial charge in [-0.15, -0.1) is 5.53 Å². The second kappa shape index (κ2) is 10.5. The Morgan fingerprint density at radius 1 is 1.04 bits per heavy atom. The summed E-state index contributed by atoms with van der Waals surface area (Å²) >= 11 is 0. The number of hydrogen-bond acceptors (Lipinski definition) is 18. The minimum Gasteiger partial charge on any atom is -0.382 e. The topological polar surface area (TPSA) is 299 Å². The van der Waals surface area contributed by atoms with Crippen LogP contribution < -0.4 is 33.0 Å². The largest absolute Gasteiger partial charge is 0.472 e. The molecule has 260 valence electrons. The number of nitrogens with two attached hydrogens (primary N) is 2. The number of imidazole rings is 1. The monoisotopic (exact) mass is 725 g/mol. The van der Waals surface area contributed by atoms with Crippen molar-refractivity contribution < 1.29 is 59.7 Å². The van der Waals surface area contributed by atoms with Gasteiger partial charge in [0, 0.05) is 6.42 Å². The molecular formula is C21H24F3N11O11P2. The van der Waals surface area contributed by atoms with E-state index in [1.165, 1.54) is 0 Å². The Labute approximate surface area is 264 Å². The Bertz CT molecular complexity index is 1970. The number of aromatic nitrogens is 6. The first kappa shape index (κ1) is 31.8. The van der Waals surface area contributed by atoms with Crippen LogP contribution in [0.3, 0.4) is 0 Å². The van der Waals surface area contributed by atoms with E-state index in [0.29, 0.717) is 0 Å². The van der Waals surface area contributed by atoms with Gasteiger partial charge in [-0.3, -0.25) is 37.9 Å². The van der Waals surface area contributed by atoms with Gasteiger partial charge < -0.3 is 30.7 Å².